The lowest BCUT2D eigenvalue weighted by Crippen LogP contribution is -2.28. The molecule has 0 unspecified atom stereocenters. The molecule has 2 heterocycles. The number of rotatable bonds is 0. The summed E-state index contributed by atoms with van der Waals surface area (Å²) >= 11 is 0. The number of hydrogen-bond acceptors (Lipinski definition) is 3. The summed E-state index contributed by atoms with van der Waals surface area (Å²) in [5.41, 5.74) is 0.247. The lowest BCUT2D eigenvalue weighted by Gasteiger charge is -1.97. The molecule has 0 spiro atoms. The van der Waals surface area contributed by atoms with Crippen molar-refractivity contribution < 1.29 is 0 Å². The van der Waals surface area contributed by atoms with E-state index in [0.717, 1.165) is 5.56 Å². The Morgan fingerprint density at radius 1 is 1.46 bits per heavy atom. The predicted molar refractivity (Wildman–Crippen MR) is 46.8 cm³/mol. The van der Waals surface area contributed by atoms with Gasteiger partial charge < -0.3 is 0 Å². The summed E-state index contributed by atoms with van der Waals surface area (Å²) < 4.78 is 1.29. The number of nitrogens with zero attached hydrogens (tertiary/aromatic N) is 2. The van der Waals surface area contributed by atoms with Crippen LogP contribution in [0.4, 0.5) is 0 Å². The number of aromatic amines is 1. The van der Waals surface area contributed by atoms with Crippen LogP contribution in [0, 0.1) is 6.92 Å². The van der Waals surface area contributed by atoms with E-state index in [4.69, 9.17) is 0 Å². The summed E-state index contributed by atoms with van der Waals surface area (Å²) in [5, 5.41) is 0. The monoisotopic (exact) mass is 177 g/mol. The third-order valence-electron chi connectivity index (χ3n) is 1.74. The van der Waals surface area contributed by atoms with Gasteiger partial charge in [-0.3, -0.25) is 9.38 Å². The maximum absolute atomic E-state index is 11.2. The molecule has 2 aromatic rings. The first-order valence-corrected chi connectivity index (χ1v) is 3.76. The largest absolute Gasteiger partial charge is 0.351 e. The van der Waals surface area contributed by atoms with Crippen molar-refractivity contribution in [2.24, 2.45) is 0 Å². The zero-order valence-electron chi connectivity index (χ0n) is 6.94. The highest BCUT2D eigenvalue weighted by molar-refractivity contribution is 5.38. The molecule has 0 saturated heterocycles. The third-order valence-corrected chi connectivity index (χ3v) is 1.74. The first-order valence-electron chi connectivity index (χ1n) is 3.76. The quantitative estimate of drug-likeness (QED) is 0.600. The van der Waals surface area contributed by atoms with E-state index < -0.39 is 11.4 Å². The molecule has 0 radical (unpaired) electrons. The SMILES string of the molecule is Cc1ccn2c(=O)[nH]c(=O)nc2c1. The smallest absolute Gasteiger partial charge is 0.257 e. The average molecular weight is 177 g/mol. The second-order valence-corrected chi connectivity index (χ2v) is 2.78. The molecule has 1 N–H and O–H groups in total. The molecular formula is C8H7N3O2. The Morgan fingerprint density at radius 2 is 2.23 bits per heavy atom. The number of pyridine rings is 1. The van der Waals surface area contributed by atoms with Gasteiger partial charge in [-0.25, -0.2) is 9.59 Å². The van der Waals surface area contributed by atoms with Crippen LogP contribution in [0.3, 0.4) is 0 Å². The maximum atomic E-state index is 11.2. The molecule has 5 nitrogen and oxygen atoms in total. The molecule has 0 fully saturated rings. The van der Waals surface area contributed by atoms with Crippen LogP contribution in [-0.4, -0.2) is 14.4 Å². The molecule has 2 aromatic heterocycles. The van der Waals surface area contributed by atoms with Crippen LogP contribution in [0.25, 0.3) is 5.65 Å². The number of fused-ring (bicyclic) bond motifs is 1. The van der Waals surface area contributed by atoms with E-state index in [0.29, 0.717) is 5.65 Å². The van der Waals surface area contributed by atoms with Gasteiger partial charge in [-0.1, -0.05) is 0 Å². The fourth-order valence-corrected chi connectivity index (χ4v) is 1.13. The lowest BCUT2D eigenvalue weighted by molar-refractivity contribution is 0.901. The van der Waals surface area contributed by atoms with Crippen LogP contribution in [0.2, 0.25) is 0 Å². The molecule has 13 heavy (non-hydrogen) atoms. The van der Waals surface area contributed by atoms with Crippen LogP contribution in [0.5, 0.6) is 0 Å². The van der Waals surface area contributed by atoms with Gasteiger partial charge in [0.25, 0.3) is 0 Å². The first-order chi connectivity index (χ1) is 6.16. The molecule has 0 aliphatic carbocycles. The van der Waals surface area contributed by atoms with Crippen molar-refractivity contribution in [2.45, 2.75) is 6.92 Å². The highest BCUT2D eigenvalue weighted by Gasteiger charge is 1.97. The summed E-state index contributed by atoms with van der Waals surface area (Å²) in [6.07, 6.45) is 1.58. The van der Waals surface area contributed by atoms with Gasteiger partial charge in [0.2, 0.25) is 0 Å². The van der Waals surface area contributed by atoms with Gasteiger partial charge in [-0.15, -0.1) is 0 Å². The molecule has 5 heteroatoms. The first kappa shape index (κ1) is 7.72. The zero-order valence-corrected chi connectivity index (χ0v) is 6.94. The van der Waals surface area contributed by atoms with Crippen molar-refractivity contribution in [1.82, 2.24) is 14.4 Å². The van der Waals surface area contributed by atoms with Crippen LogP contribution in [0.15, 0.2) is 27.9 Å². The molecule has 0 amide bonds. The van der Waals surface area contributed by atoms with E-state index in [1.54, 1.807) is 18.3 Å². The molecule has 0 aromatic carbocycles. The topological polar surface area (TPSA) is 67.2 Å². The normalized spacial score (nSPS) is 10.5. The van der Waals surface area contributed by atoms with Crippen molar-refractivity contribution in [3.05, 3.63) is 44.9 Å². The lowest BCUT2D eigenvalue weighted by atomic mass is 10.3. The minimum Gasteiger partial charge on any atom is -0.257 e. The molecule has 2 rings (SSSR count). The van der Waals surface area contributed by atoms with Gasteiger partial charge >= 0.3 is 11.4 Å². The Balaban J connectivity index is 3.03. The van der Waals surface area contributed by atoms with Crippen LogP contribution in [0.1, 0.15) is 5.56 Å². The molecule has 0 bridgehead atoms. The molecule has 0 aliphatic heterocycles. The molecule has 0 atom stereocenters. The van der Waals surface area contributed by atoms with E-state index in [-0.39, 0.29) is 0 Å². The minimum absolute atomic E-state index is 0.369. The summed E-state index contributed by atoms with van der Waals surface area (Å²) in [4.78, 5) is 27.7. The van der Waals surface area contributed by atoms with Gasteiger partial charge in [0, 0.05) is 6.20 Å². The van der Waals surface area contributed by atoms with Crippen molar-refractivity contribution >= 4 is 5.65 Å². The van der Waals surface area contributed by atoms with E-state index in [9.17, 15) is 9.59 Å². The van der Waals surface area contributed by atoms with Crippen molar-refractivity contribution in [3.8, 4) is 0 Å². The van der Waals surface area contributed by atoms with Gasteiger partial charge in [0.15, 0.2) is 0 Å². The van der Waals surface area contributed by atoms with Gasteiger partial charge in [-0.05, 0) is 24.6 Å². The number of H-pyrrole nitrogens is 1. The average Bonchev–Trinajstić information content (AvgIpc) is 2.02. The standard InChI is InChI=1S/C8H7N3O2/c1-5-2-3-11-6(4-5)9-7(12)10-8(11)13/h2-4H,1H3,(H,10,12,13). The van der Waals surface area contributed by atoms with E-state index in [1.807, 2.05) is 6.92 Å². The third kappa shape index (κ3) is 1.24. The highest BCUT2D eigenvalue weighted by Crippen LogP contribution is 1.98. The Morgan fingerprint density at radius 3 is 3.00 bits per heavy atom. The molecular weight excluding hydrogens is 170 g/mol. The van der Waals surface area contributed by atoms with E-state index >= 15 is 0 Å². The summed E-state index contributed by atoms with van der Waals surface area (Å²) in [7, 11) is 0. The van der Waals surface area contributed by atoms with Crippen molar-refractivity contribution in [2.75, 3.05) is 0 Å². The number of aryl methyl sites for hydroxylation is 1. The molecule has 0 saturated carbocycles. The fourth-order valence-electron chi connectivity index (χ4n) is 1.13. The van der Waals surface area contributed by atoms with Crippen molar-refractivity contribution in [3.63, 3.8) is 0 Å². The van der Waals surface area contributed by atoms with Gasteiger partial charge in [0.05, 0.1) is 0 Å². The highest BCUT2D eigenvalue weighted by atomic mass is 16.2. The van der Waals surface area contributed by atoms with Crippen LogP contribution < -0.4 is 11.4 Å². The predicted octanol–water partition coefficient (Wildman–Crippen LogP) is -0.309. The number of hydrogen-bond donors (Lipinski definition) is 1. The summed E-state index contributed by atoms with van der Waals surface area (Å²) in [5.74, 6) is 0. The van der Waals surface area contributed by atoms with Crippen molar-refractivity contribution in [1.29, 1.82) is 0 Å². The van der Waals surface area contributed by atoms with Crippen LogP contribution >= 0.6 is 0 Å². The van der Waals surface area contributed by atoms with E-state index in [2.05, 4.69) is 9.97 Å². The molecule has 66 valence electrons. The zero-order chi connectivity index (χ0) is 9.42. The Kier molecular flexibility index (Phi) is 1.51. The summed E-state index contributed by atoms with van der Waals surface area (Å²) in [6, 6.07) is 3.45. The second-order valence-electron chi connectivity index (χ2n) is 2.78. The van der Waals surface area contributed by atoms with E-state index in [1.165, 1.54) is 4.40 Å². The minimum atomic E-state index is -0.615. The Hall–Kier alpha value is -1.91. The number of nitrogens with one attached hydrogen (secondary N) is 1. The van der Waals surface area contributed by atoms with Gasteiger partial charge in [-0.2, -0.15) is 4.98 Å². The van der Waals surface area contributed by atoms with Crippen LogP contribution in [-0.2, 0) is 0 Å². The number of aromatic nitrogens is 3. The second kappa shape index (κ2) is 2.55. The summed E-state index contributed by atoms with van der Waals surface area (Å²) in [6.45, 7) is 1.87. The Bertz CT molecular complexity index is 567. The molecule has 0 aliphatic rings. The maximum Gasteiger partial charge on any atom is 0.351 e. The fraction of sp³-hybridized carbons (Fsp3) is 0.125. The Labute approximate surface area is 72.7 Å². The van der Waals surface area contributed by atoms with Gasteiger partial charge in [0.1, 0.15) is 5.65 Å².